The van der Waals surface area contributed by atoms with E-state index in [1.807, 2.05) is 6.92 Å². The molecule has 6 saturated carbocycles. The van der Waals surface area contributed by atoms with Crippen molar-refractivity contribution in [2.45, 2.75) is 11.8 Å². The summed E-state index contributed by atoms with van der Waals surface area (Å²) in [6.07, 6.45) is 0. The van der Waals surface area contributed by atoms with Crippen LogP contribution in [0.4, 0.5) is 0 Å². The number of hydrogen-bond acceptors (Lipinski definition) is 5. The Morgan fingerprint density at radius 3 is 1.96 bits per heavy atom. The standard InChI is InChI=1S/C21H21NO5S/c1-9-3-5-11(6-4-9)28(25,26)22-7-10(8-22)18(23)20-12-15-13(20)17-14(20)16(12)21(15,17)19(24)27-2/h3-6,10,12-17H,7-8H2,1-2H3. The maximum atomic E-state index is 13.3. The zero-order chi connectivity index (χ0) is 19.4. The molecule has 7 heteroatoms. The second-order valence-corrected chi connectivity index (χ2v) is 11.6. The van der Waals surface area contributed by atoms with E-state index in [1.165, 1.54) is 11.4 Å². The summed E-state index contributed by atoms with van der Waals surface area (Å²) in [5, 5.41) is 0. The molecule has 28 heavy (non-hydrogen) atoms. The molecule has 1 aliphatic heterocycles. The average Bonchev–Trinajstić information content (AvgIpc) is 2.65. The number of methoxy groups -OCH3 is 1. The van der Waals surface area contributed by atoms with E-state index < -0.39 is 10.0 Å². The van der Waals surface area contributed by atoms with Gasteiger partial charge in [-0.2, -0.15) is 4.31 Å². The molecule has 146 valence electrons. The first kappa shape index (κ1) is 16.1. The lowest BCUT2D eigenvalue weighted by Crippen LogP contribution is -3.12. The third-order valence-electron chi connectivity index (χ3n) is 9.47. The van der Waals surface area contributed by atoms with Crippen molar-refractivity contribution in [2.75, 3.05) is 20.2 Å². The predicted octanol–water partition coefficient (Wildman–Crippen LogP) is 1.10. The Bertz CT molecular complexity index is 1030. The summed E-state index contributed by atoms with van der Waals surface area (Å²) < 4.78 is 32.0. The van der Waals surface area contributed by atoms with Crippen molar-refractivity contribution >= 4 is 21.8 Å². The van der Waals surface area contributed by atoms with Crippen molar-refractivity contribution in [1.29, 1.82) is 0 Å². The molecule has 6 aliphatic carbocycles. The number of Topliss-reactive ketones (excluding diaryl/α,β-unsaturated/α-hetero) is 1. The van der Waals surface area contributed by atoms with E-state index in [9.17, 15) is 18.0 Å². The van der Waals surface area contributed by atoms with E-state index in [0.717, 1.165) is 5.56 Å². The van der Waals surface area contributed by atoms with Crippen LogP contribution in [0.5, 0.6) is 0 Å². The van der Waals surface area contributed by atoms with Gasteiger partial charge >= 0.3 is 5.97 Å². The third-order valence-corrected chi connectivity index (χ3v) is 11.3. The topological polar surface area (TPSA) is 80.8 Å². The number of ketones is 1. The van der Waals surface area contributed by atoms with Gasteiger partial charge in [0.1, 0.15) is 5.78 Å². The van der Waals surface area contributed by atoms with E-state index in [4.69, 9.17) is 4.74 Å². The summed E-state index contributed by atoms with van der Waals surface area (Å²) in [6, 6.07) is 6.84. The number of esters is 1. The van der Waals surface area contributed by atoms with Gasteiger partial charge in [0.15, 0.2) is 0 Å². The van der Waals surface area contributed by atoms with Crippen LogP contribution in [0.3, 0.4) is 0 Å². The van der Waals surface area contributed by atoms with E-state index in [-0.39, 0.29) is 28.5 Å². The Hall–Kier alpha value is -1.73. The largest absolute Gasteiger partial charge is 0.469 e. The molecule has 1 heterocycles. The van der Waals surface area contributed by atoms with Crippen LogP contribution in [0.15, 0.2) is 29.2 Å². The number of ether oxygens (including phenoxy) is 1. The average molecular weight is 399 g/mol. The third kappa shape index (κ3) is 1.16. The van der Waals surface area contributed by atoms with Crippen LogP contribution in [0.2, 0.25) is 0 Å². The number of rotatable bonds is 5. The highest BCUT2D eigenvalue weighted by molar-refractivity contribution is 7.89. The summed E-state index contributed by atoms with van der Waals surface area (Å²) in [4.78, 5) is 25.8. The van der Waals surface area contributed by atoms with Crippen LogP contribution in [-0.2, 0) is 24.3 Å². The van der Waals surface area contributed by atoms with Gasteiger partial charge in [-0.1, -0.05) is 17.7 Å². The maximum Gasteiger partial charge on any atom is 0.312 e. The number of sulfonamides is 1. The molecule has 1 aromatic rings. The Kier molecular flexibility index (Phi) is 2.44. The van der Waals surface area contributed by atoms with Crippen LogP contribution in [0, 0.1) is 59.2 Å². The minimum Gasteiger partial charge on any atom is -0.469 e. The van der Waals surface area contributed by atoms with Crippen LogP contribution >= 0.6 is 0 Å². The number of nitrogens with zero attached hydrogens (tertiary/aromatic N) is 1. The second-order valence-electron chi connectivity index (χ2n) is 9.71. The summed E-state index contributed by atoms with van der Waals surface area (Å²) >= 11 is 0. The molecule has 0 N–H and O–H groups in total. The van der Waals surface area contributed by atoms with Crippen molar-refractivity contribution in [3.63, 3.8) is 0 Å². The van der Waals surface area contributed by atoms with Crippen molar-refractivity contribution in [3.8, 4) is 0 Å². The van der Waals surface area contributed by atoms with Crippen molar-refractivity contribution in [2.24, 2.45) is 52.3 Å². The van der Waals surface area contributed by atoms with Gasteiger partial charge in [-0.05, 0) is 54.6 Å². The summed E-state index contributed by atoms with van der Waals surface area (Å²) in [6.45, 7) is 2.51. The lowest BCUT2D eigenvalue weighted by molar-refractivity contribution is -0.626. The molecule has 0 radical (unpaired) electrons. The van der Waals surface area contributed by atoms with Gasteiger partial charge in [0.25, 0.3) is 0 Å². The van der Waals surface area contributed by atoms with Crippen LogP contribution in [0.25, 0.3) is 0 Å². The molecule has 8 rings (SSSR count). The molecular weight excluding hydrogens is 378 g/mol. The first-order valence-electron chi connectivity index (χ1n) is 10.0. The molecular formula is C21H21NO5S. The summed E-state index contributed by atoms with van der Waals surface area (Å²) in [5.74, 6) is 2.29. The molecule has 0 unspecified atom stereocenters. The monoisotopic (exact) mass is 399 g/mol. The first-order chi connectivity index (χ1) is 13.3. The minimum absolute atomic E-state index is 0.0593. The highest BCUT2D eigenvalue weighted by Gasteiger charge is 3.13. The van der Waals surface area contributed by atoms with Gasteiger partial charge in [-0.15, -0.1) is 0 Å². The zero-order valence-corrected chi connectivity index (χ0v) is 16.5. The molecule has 6 nitrogen and oxygen atoms in total. The Morgan fingerprint density at radius 2 is 1.46 bits per heavy atom. The number of carbonyl (C=O) groups is 2. The van der Waals surface area contributed by atoms with Crippen molar-refractivity contribution in [1.82, 2.24) is 4.31 Å². The molecule has 0 atom stereocenters. The van der Waals surface area contributed by atoms with Crippen molar-refractivity contribution < 1.29 is 22.7 Å². The summed E-state index contributed by atoms with van der Waals surface area (Å²) in [7, 11) is -2.06. The molecule has 7 fully saturated rings. The Balaban J connectivity index is 1.07. The molecule has 0 amide bonds. The molecule has 0 aromatic heterocycles. The second kappa shape index (κ2) is 4.24. The molecule has 0 bridgehead atoms. The van der Waals surface area contributed by atoms with Crippen LogP contribution < -0.4 is 0 Å². The number of hydrogen-bond donors (Lipinski definition) is 0. The van der Waals surface area contributed by atoms with Gasteiger partial charge in [-0.25, -0.2) is 8.42 Å². The molecule has 1 saturated heterocycles. The highest BCUT2D eigenvalue weighted by atomic mass is 32.2. The van der Waals surface area contributed by atoms with Gasteiger partial charge < -0.3 is 4.74 Å². The van der Waals surface area contributed by atoms with Gasteiger partial charge in [0.2, 0.25) is 10.0 Å². The van der Waals surface area contributed by atoms with E-state index in [2.05, 4.69) is 0 Å². The van der Waals surface area contributed by atoms with Crippen LogP contribution in [0.1, 0.15) is 5.56 Å². The quantitative estimate of drug-likeness (QED) is 0.693. The molecule has 0 spiro atoms. The zero-order valence-electron chi connectivity index (χ0n) is 15.7. The smallest absolute Gasteiger partial charge is 0.312 e. The van der Waals surface area contributed by atoms with E-state index in [0.29, 0.717) is 53.5 Å². The van der Waals surface area contributed by atoms with Crippen molar-refractivity contribution in [3.05, 3.63) is 29.8 Å². The lowest BCUT2D eigenvalue weighted by Gasteiger charge is -3.09. The lowest BCUT2D eigenvalue weighted by atomic mass is 8.92. The summed E-state index contributed by atoms with van der Waals surface area (Å²) in [5.41, 5.74) is 0.595. The normalized spacial score (nSPS) is 48.6. The Labute approximate surface area is 163 Å². The fourth-order valence-corrected chi connectivity index (χ4v) is 10.1. The fraction of sp³-hybridized carbons (Fsp3) is 0.619. The highest BCUT2D eigenvalue weighted by Crippen LogP contribution is 3.10. The minimum atomic E-state index is -3.52. The van der Waals surface area contributed by atoms with E-state index in [1.54, 1.807) is 24.3 Å². The fourth-order valence-electron chi connectivity index (χ4n) is 8.62. The predicted molar refractivity (Wildman–Crippen MR) is 96.3 cm³/mol. The molecule has 7 aliphatic rings. The van der Waals surface area contributed by atoms with E-state index >= 15 is 0 Å². The first-order valence-corrected chi connectivity index (χ1v) is 11.5. The van der Waals surface area contributed by atoms with Gasteiger partial charge in [-0.3, -0.25) is 9.59 Å². The number of aryl methyl sites for hydroxylation is 1. The number of carbonyl (C=O) groups excluding carboxylic acids is 2. The van der Waals surface area contributed by atoms with Gasteiger partial charge in [0.05, 0.1) is 17.4 Å². The van der Waals surface area contributed by atoms with Gasteiger partial charge in [0, 0.05) is 24.4 Å². The number of benzene rings is 1. The maximum absolute atomic E-state index is 13.3. The Morgan fingerprint density at radius 1 is 0.964 bits per heavy atom. The molecule has 1 aromatic carbocycles. The SMILES string of the molecule is COC(=O)C12C3C4C1C1C2C3C41C(=O)C1CN(S(=O)(=O)c2ccc(C)cc2)C1. The van der Waals surface area contributed by atoms with Crippen LogP contribution in [-0.4, -0.2) is 44.7 Å².